The molecular formula is C17H21FN6. The third kappa shape index (κ3) is 3.98. The number of anilines is 1. The third-order valence-electron chi connectivity index (χ3n) is 4.03. The minimum Gasteiger partial charge on any atom is -0.370 e. The maximum absolute atomic E-state index is 13.0. The van der Waals surface area contributed by atoms with Gasteiger partial charge >= 0.3 is 0 Å². The van der Waals surface area contributed by atoms with Crippen molar-refractivity contribution in [1.82, 2.24) is 14.9 Å². The summed E-state index contributed by atoms with van der Waals surface area (Å²) in [7, 11) is 0. The maximum Gasteiger partial charge on any atom is 0.191 e. The van der Waals surface area contributed by atoms with Gasteiger partial charge in [-0.1, -0.05) is 0 Å². The summed E-state index contributed by atoms with van der Waals surface area (Å²) in [5.74, 6) is 1.05. The Bertz CT molecular complexity index is 707. The fourth-order valence-electron chi connectivity index (χ4n) is 2.70. The topological polar surface area (TPSA) is 70.6 Å². The number of hydrogen-bond acceptors (Lipinski definition) is 4. The number of guanidine groups is 1. The van der Waals surface area contributed by atoms with E-state index in [0.717, 1.165) is 43.4 Å². The zero-order valence-corrected chi connectivity index (χ0v) is 13.7. The van der Waals surface area contributed by atoms with Crippen molar-refractivity contribution in [1.29, 1.82) is 0 Å². The molecule has 0 unspecified atom stereocenters. The molecule has 0 atom stereocenters. The second-order valence-electron chi connectivity index (χ2n) is 5.72. The number of aryl methyl sites for hydroxylation is 1. The van der Waals surface area contributed by atoms with Crippen LogP contribution in [0, 0.1) is 12.7 Å². The monoisotopic (exact) mass is 328 g/mol. The van der Waals surface area contributed by atoms with Gasteiger partial charge in [-0.2, -0.15) is 0 Å². The third-order valence-corrected chi connectivity index (χ3v) is 4.03. The largest absolute Gasteiger partial charge is 0.370 e. The van der Waals surface area contributed by atoms with Crippen LogP contribution in [0.2, 0.25) is 0 Å². The Morgan fingerprint density at radius 3 is 2.54 bits per heavy atom. The van der Waals surface area contributed by atoms with E-state index < -0.39 is 0 Å². The van der Waals surface area contributed by atoms with Crippen LogP contribution >= 0.6 is 0 Å². The molecule has 6 nitrogen and oxygen atoms in total. The molecule has 24 heavy (non-hydrogen) atoms. The van der Waals surface area contributed by atoms with E-state index in [1.165, 1.54) is 12.1 Å². The predicted octanol–water partition coefficient (Wildman–Crippen LogP) is 1.56. The number of aromatic nitrogens is 2. The normalized spacial score (nSPS) is 15.7. The van der Waals surface area contributed by atoms with E-state index >= 15 is 0 Å². The van der Waals surface area contributed by atoms with Gasteiger partial charge in [-0.05, 0) is 37.3 Å². The van der Waals surface area contributed by atoms with Crippen molar-refractivity contribution in [3.05, 3.63) is 53.9 Å². The van der Waals surface area contributed by atoms with Crippen molar-refractivity contribution in [2.24, 2.45) is 10.7 Å². The fraction of sp³-hybridized carbons (Fsp3) is 0.353. The first-order chi connectivity index (χ1) is 11.6. The molecule has 2 heterocycles. The standard InChI is InChI=1S/C17H21FN6/c1-13-20-7-6-15(22-13)12-21-17(19)24-10-8-23(9-11-24)16-4-2-14(18)3-5-16/h2-7H,8-12H2,1H3,(H2,19,21). The number of halogens is 1. The summed E-state index contributed by atoms with van der Waals surface area (Å²) >= 11 is 0. The SMILES string of the molecule is Cc1nccc(CN=C(N)N2CCN(c3ccc(F)cc3)CC2)n1. The Morgan fingerprint density at radius 2 is 1.88 bits per heavy atom. The predicted molar refractivity (Wildman–Crippen MR) is 92.3 cm³/mol. The first-order valence-electron chi connectivity index (χ1n) is 7.96. The smallest absolute Gasteiger partial charge is 0.191 e. The van der Waals surface area contributed by atoms with E-state index in [2.05, 4.69) is 24.8 Å². The van der Waals surface area contributed by atoms with E-state index in [9.17, 15) is 4.39 Å². The van der Waals surface area contributed by atoms with Crippen molar-refractivity contribution in [3.8, 4) is 0 Å². The molecule has 7 heteroatoms. The number of benzene rings is 1. The molecule has 126 valence electrons. The van der Waals surface area contributed by atoms with Crippen molar-refractivity contribution in [3.63, 3.8) is 0 Å². The number of aliphatic imine (C=N–C) groups is 1. The molecule has 0 saturated carbocycles. The molecule has 1 fully saturated rings. The summed E-state index contributed by atoms with van der Waals surface area (Å²) in [4.78, 5) is 17.1. The molecule has 0 radical (unpaired) electrons. The van der Waals surface area contributed by atoms with Crippen LogP contribution in [0.5, 0.6) is 0 Å². The van der Waals surface area contributed by atoms with Crippen LogP contribution in [0.25, 0.3) is 0 Å². The first kappa shape index (κ1) is 16.2. The average molecular weight is 328 g/mol. The highest BCUT2D eigenvalue weighted by atomic mass is 19.1. The molecule has 2 N–H and O–H groups in total. The molecule has 1 saturated heterocycles. The number of nitrogens with two attached hydrogens (primary N) is 1. The number of hydrogen-bond donors (Lipinski definition) is 1. The highest BCUT2D eigenvalue weighted by Crippen LogP contribution is 2.16. The average Bonchev–Trinajstić information content (AvgIpc) is 2.61. The molecular weight excluding hydrogens is 307 g/mol. The summed E-state index contributed by atoms with van der Waals surface area (Å²) in [6.07, 6.45) is 1.73. The minimum atomic E-state index is -0.214. The van der Waals surface area contributed by atoms with Gasteiger partial charge in [-0.3, -0.25) is 0 Å². The van der Waals surface area contributed by atoms with Gasteiger partial charge in [0.15, 0.2) is 5.96 Å². The molecule has 1 aliphatic heterocycles. The highest BCUT2D eigenvalue weighted by Gasteiger charge is 2.18. The molecule has 0 aliphatic carbocycles. The molecule has 3 rings (SSSR count). The van der Waals surface area contributed by atoms with Gasteiger partial charge in [-0.25, -0.2) is 19.4 Å². The summed E-state index contributed by atoms with van der Waals surface area (Å²) in [6, 6.07) is 8.43. The lowest BCUT2D eigenvalue weighted by atomic mass is 10.2. The maximum atomic E-state index is 13.0. The molecule has 1 aliphatic rings. The van der Waals surface area contributed by atoms with Crippen LogP contribution in [-0.2, 0) is 6.54 Å². The van der Waals surface area contributed by atoms with Gasteiger partial charge in [0.05, 0.1) is 12.2 Å². The van der Waals surface area contributed by atoms with Crippen LogP contribution in [0.4, 0.5) is 10.1 Å². The molecule has 0 bridgehead atoms. The molecule has 2 aromatic rings. The van der Waals surface area contributed by atoms with Crippen LogP contribution in [0.3, 0.4) is 0 Å². The van der Waals surface area contributed by atoms with Crippen molar-refractivity contribution in [2.45, 2.75) is 13.5 Å². The van der Waals surface area contributed by atoms with Gasteiger partial charge in [-0.15, -0.1) is 0 Å². The minimum absolute atomic E-state index is 0.214. The second-order valence-corrected chi connectivity index (χ2v) is 5.72. The summed E-state index contributed by atoms with van der Waals surface area (Å²) < 4.78 is 13.0. The van der Waals surface area contributed by atoms with Gasteiger partial charge in [0.2, 0.25) is 0 Å². The lowest BCUT2D eigenvalue weighted by Gasteiger charge is -2.36. The summed E-state index contributed by atoms with van der Waals surface area (Å²) in [6.45, 7) is 5.53. The number of piperazine rings is 1. The lowest BCUT2D eigenvalue weighted by Crippen LogP contribution is -2.51. The Morgan fingerprint density at radius 1 is 1.17 bits per heavy atom. The van der Waals surface area contributed by atoms with Crippen LogP contribution in [0.15, 0.2) is 41.5 Å². The van der Waals surface area contributed by atoms with E-state index in [1.807, 2.05) is 13.0 Å². The van der Waals surface area contributed by atoms with E-state index in [0.29, 0.717) is 12.5 Å². The van der Waals surface area contributed by atoms with Crippen LogP contribution in [0.1, 0.15) is 11.5 Å². The van der Waals surface area contributed by atoms with Gasteiger partial charge in [0.1, 0.15) is 11.6 Å². The summed E-state index contributed by atoms with van der Waals surface area (Å²) in [5, 5.41) is 0. The highest BCUT2D eigenvalue weighted by molar-refractivity contribution is 5.78. The van der Waals surface area contributed by atoms with E-state index in [-0.39, 0.29) is 5.82 Å². The van der Waals surface area contributed by atoms with Crippen molar-refractivity contribution < 1.29 is 4.39 Å². The van der Waals surface area contributed by atoms with E-state index in [4.69, 9.17) is 5.73 Å². The molecule has 1 aromatic heterocycles. The van der Waals surface area contributed by atoms with Gasteiger partial charge in [0, 0.05) is 38.1 Å². The Kier molecular flexibility index (Phi) is 4.88. The molecule has 0 amide bonds. The molecule has 0 spiro atoms. The quantitative estimate of drug-likeness (QED) is 0.684. The Hall–Kier alpha value is -2.70. The summed E-state index contributed by atoms with van der Waals surface area (Å²) in [5.41, 5.74) is 7.99. The zero-order valence-electron chi connectivity index (χ0n) is 13.7. The Balaban J connectivity index is 1.55. The van der Waals surface area contributed by atoms with Crippen LogP contribution in [-0.4, -0.2) is 47.0 Å². The first-order valence-corrected chi connectivity index (χ1v) is 7.96. The van der Waals surface area contributed by atoms with Gasteiger partial charge in [0.25, 0.3) is 0 Å². The van der Waals surface area contributed by atoms with E-state index in [1.54, 1.807) is 18.3 Å². The van der Waals surface area contributed by atoms with Crippen LogP contribution < -0.4 is 10.6 Å². The second kappa shape index (κ2) is 7.25. The Labute approximate surface area is 140 Å². The van der Waals surface area contributed by atoms with Crippen molar-refractivity contribution in [2.75, 3.05) is 31.1 Å². The number of rotatable bonds is 3. The van der Waals surface area contributed by atoms with Gasteiger partial charge < -0.3 is 15.5 Å². The van der Waals surface area contributed by atoms with Crippen molar-refractivity contribution >= 4 is 11.6 Å². The molecule has 1 aromatic carbocycles. The lowest BCUT2D eigenvalue weighted by molar-refractivity contribution is 0.380. The number of nitrogens with zero attached hydrogens (tertiary/aromatic N) is 5. The fourth-order valence-corrected chi connectivity index (χ4v) is 2.70. The zero-order chi connectivity index (χ0) is 16.9.